The Morgan fingerprint density at radius 3 is 2.89 bits per heavy atom. The molecule has 2 heterocycles. The van der Waals surface area contributed by atoms with Crippen LogP contribution in [0.15, 0.2) is 16.8 Å². The van der Waals surface area contributed by atoms with Crippen molar-refractivity contribution in [3.8, 4) is 0 Å². The van der Waals surface area contributed by atoms with Crippen LogP contribution in [0.2, 0.25) is 0 Å². The minimum Gasteiger partial charge on any atom is -0.360 e. The van der Waals surface area contributed by atoms with Crippen molar-refractivity contribution in [1.82, 2.24) is 15.8 Å². The molecule has 19 heavy (non-hydrogen) atoms. The molecule has 0 bridgehead atoms. The van der Waals surface area contributed by atoms with Crippen LogP contribution in [-0.2, 0) is 6.54 Å². The van der Waals surface area contributed by atoms with Crippen LogP contribution in [0.5, 0.6) is 0 Å². The van der Waals surface area contributed by atoms with Crippen LogP contribution in [0.25, 0.3) is 0 Å². The zero-order chi connectivity index (χ0) is 12.9. The second-order valence-electron chi connectivity index (χ2n) is 5.97. The average molecular weight is 263 g/mol. The lowest BCUT2D eigenvalue weighted by Crippen LogP contribution is -2.50. The van der Waals surface area contributed by atoms with E-state index in [0.29, 0.717) is 6.04 Å². The zero-order valence-corrected chi connectivity index (χ0v) is 11.6. The standard InChI is InChI=1S/C15H25N3O/c1-2-6-15(17-11-12-8-10-18-19-12)13(5-1)14-7-3-4-9-16-14/h8,10,13-17H,1-7,9,11H2. The van der Waals surface area contributed by atoms with Gasteiger partial charge in [-0.05, 0) is 38.1 Å². The molecule has 1 saturated heterocycles. The summed E-state index contributed by atoms with van der Waals surface area (Å²) in [7, 11) is 0. The highest BCUT2D eigenvalue weighted by Gasteiger charge is 2.32. The van der Waals surface area contributed by atoms with Gasteiger partial charge in [-0.25, -0.2) is 0 Å². The van der Waals surface area contributed by atoms with E-state index in [1.165, 1.54) is 51.5 Å². The summed E-state index contributed by atoms with van der Waals surface area (Å²) in [6.45, 7) is 2.02. The quantitative estimate of drug-likeness (QED) is 0.876. The van der Waals surface area contributed by atoms with Gasteiger partial charge in [-0.15, -0.1) is 0 Å². The predicted molar refractivity (Wildman–Crippen MR) is 74.7 cm³/mol. The maximum Gasteiger partial charge on any atom is 0.150 e. The van der Waals surface area contributed by atoms with Gasteiger partial charge in [0.25, 0.3) is 0 Å². The fourth-order valence-corrected chi connectivity index (χ4v) is 3.70. The number of nitrogens with one attached hydrogen (secondary N) is 2. The number of hydrogen-bond donors (Lipinski definition) is 2. The van der Waals surface area contributed by atoms with Gasteiger partial charge in [-0.2, -0.15) is 0 Å². The molecule has 4 heteroatoms. The predicted octanol–water partition coefficient (Wildman–Crippen LogP) is 2.47. The Morgan fingerprint density at radius 2 is 2.11 bits per heavy atom. The van der Waals surface area contributed by atoms with Crippen LogP contribution in [0.4, 0.5) is 0 Å². The Balaban J connectivity index is 1.56. The highest BCUT2D eigenvalue weighted by Crippen LogP contribution is 2.30. The molecule has 106 valence electrons. The molecule has 3 rings (SSSR count). The maximum absolute atomic E-state index is 5.18. The van der Waals surface area contributed by atoms with Gasteiger partial charge < -0.3 is 15.2 Å². The number of rotatable bonds is 4. The van der Waals surface area contributed by atoms with Gasteiger partial charge in [0.1, 0.15) is 5.76 Å². The summed E-state index contributed by atoms with van der Waals surface area (Å²) in [4.78, 5) is 0. The molecule has 1 aromatic rings. The van der Waals surface area contributed by atoms with Crippen LogP contribution >= 0.6 is 0 Å². The monoisotopic (exact) mass is 263 g/mol. The second kappa shape index (κ2) is 6.53. The van der Waals surface area contributed by atoms with E-state index in [-0.39, 0.29) is 0 Å². The smallest absolute Gasteiger partial charge is 0.150 e. The fourth-order valence-electron chi connectivity index (χ4n) is 3.70. The lowest BCUT2D eigenvalue weighted by molar-refractivity contribution is 0.178. The van der Waals surface area contributed by atoms with Gasteiger partial charge >= 0.3 is 0 Å². The van der Waals surface area contributed by atoms with Gasteiger partial charge in [-0.1, -0.05) is 24.4 Å². The molecule has 2 fully saturated rings. The highest BCUT2D eigenvalue weighted by atomic mass is 16.5. The number of nitrogens with zero attached hydrogens (tertiary/aromatic N) is 1. The molecular formula is C15H25N3O. The molecule has 1 aliphatic carbocycles. The number of piperidine rings is 1. The van der Waals surface area contributed by atoms with Crippen LogP contribution in [0.3, 0.4) is 0 Å². The summed E-state index contributed by atoms with van der Waals surface area (Å²) < 4.78 is 5.18. The third-order valence-corrected chi connectivity index (χ3v) is 4.71. The van der Waals surface area contributed by atoms with Crippen LogP contribution in [-0.4, -0.2) is 23.8 Å². The van der Waals surface area contributed by atoms with Crippen LogP contribution in [0.1, 0.15) is 50.7 Å². The van der Waals surface area contributed by atoms with E-state index in [1.54, 1.807) is 6.20 Å². The van der Waals surface area contributed by atoms with E-state index < -0.39 is 0 Å². The first-order valence-electron chi connectivity index (χ1n) is 7.80. The van der Waals surface area contributed by atoms with Crippen molar-refractivity contribution >= 4 is 0 Å². The lowest BCUT2D eigenvalue weighted by Gasteiger charge is -2.39. The van der Waals surface area contributed by atoms with Crippen LogP contribution in [0, 0.1) is 5.92 Å². The van der Waals surface area contributed by atoms with E-state index in [0.717, 1.165) is 24.3 Å². The molecule has 2 N–H and O–H groups in total. The summed E-state index contributed by atoms with van der Waals surface area (Å²) in [6, 6.07) is 3.31. The number of hydrogen-bond acceptors (Lipinski definition) is 4. The normalized spacial score (nSPS) is 32.3. The van der Waals surface area contributed by atoms with Gasteiger partial charge in [0, 0.05) is 18.2 Å². The summed E-state index contributed by atoms with van der Waals surface area (Å²) >= 11 is 0. The Hall–Kier alpha value is -0.870. The van der Waals surface area contributed by atoms with Gasteiger partial charge in [0.2, 0.25) is 0 Å². The van der Waals surface area contributed by atoms with E-state index >= 15 is 0 Å². The second-order valence-corrected chi connectivity index (χ2v) is 5.97. The molecule has 1 saturated carbocycles. The Kier molecular flexibility index (Phi) is 4.51. The van der Waals surface area contributed by atoms with Crippen molar-refractivity contribution in [2.24, 2.45) is 5.92 Å². The minimum absolute atomic E-state index is 0.634. The summed E-state index contributed by atoms with van der Waals surface area (Å²) in [5, 5.41) is 11.2. The van der Waals surface area contributed by atoms with E-state index in [9.17, 15) is 0 Å². The van der Waals surface area contributed by atoms with Gasteiger partial charge in [0.05, 0.1) is 12.7 Å². The van der Waals surface area contributed by atoms with Crippen molar-refractivity contribution < 1.29 is 4.52 Å². The number of aromatic nitrogens is 1. The molecule has 1 aliphatic heterocycles. The Labute approximate surface area is 115 Å². The molecule has 2 aliphatic rings. The third-order valence-electron chi connectivity index (χ3n) is 4.71. The minimum atomic E-state index is 0.634. The first kappa shape index (κ1) is 13.1. The van der Waals surface area contributed by atoms with Crippen molar-refractivity contribution in [1.29, 1.82) is 0 Å². The van der Waals surface area contributed by atoms with Crippen molar-refractivity contribution in [2.75, 3.05) is 6.54 Å². The molecule has 0 aromatic carbocycles. The molecule has 4 nitrogen and oxygen atoms in total. The van der Waals surface area contributed by atoms with E-state index in [1.807, 2.05) is 6.07 Å². The molecule has 3 unspecified atom stereocenters. The molecular weight excluding hydrogens is 238 g/mol. The SMILES string of the molecule is c1cc(CNC2CCCCC2C2CCCCN2)on1. The summed E-state index contributed by atoms with van der Waals surface area (Å²) in [5.41, 5.74) is 0. The molecule has 0 amide bonds. The Bertz CT molecular complexity index is 359. The van der Waals surface area contributed by atoms with Gasteiger partial charge in [0.15, 0.2) is 0 Å². The largest absolute Gasteiger partial charge is 0.360 e. The van der Waals surface area contributed by atoms with E-state index in [4.69, 9.17) is 4.52 Å². The summed E-state index contributed by atoms with van der Waals surface area (Å²) in [5.74, 6) is 1.73. The fraction of sp³-hybridized carbons (Fsp3) is 0.800. The maximum atomic E-state index is 5.18. The summed E-state index contributed by atoms with van der Waals surface area (Å²) in [6.07, 6.45) is 11.2. The molecule has 0 radical (unpaired) electrons. The molecule has 3 atom stereocenters. The van der Waals surface area contributed by atoms with Crippen molar-refractivity contribution in [3.05, 3.63) is 18.0 Å². The first-order valence-corrected chi connectivity index (χ1v) is 7.80. The highest BCUT2D eigenvalue weighted by molar-refractivity contribution is 4.95. The Morgan fingerprint density at radius 1 is 1.21 bits per heavy atom. The topological polar surface area (TPSA) is 50.1 Å². The van der Waals surface area contributed by atoms with E-state index in [2.05, 4.69) is 15.8 Å². The lowest BCUT2D eigenvalue weighted by atomic mass is 9.77. The third kappa shape index (κ3) is 3.37. The van der Waals surface area contributed by atoms with Crippen LogP contribution < -0.4 is 10.6 Å². The zero-order valence-electron chi connectivity index (χ0n) is 11.6. The van der Waals surface area contributed by atoms with Crippen molar-refractivity contribution in [2.45, 2.75) is 63.6 Å². The molecule has 0 spiro atoms. The first-order chi connectivity index (χ1) is 9.43. The van der Waals surface area contributed by atoms with Gasteiger partial charge in [-0.3, -0.25) is 0 Å². The average Bonchev–Trinajstić information content (AvgIpc) is 3.00. The molecule has 1 aromatic heterocycles. The van der Waals surface area contributed by atoms with Crippen molar-refractivity contribution in [3.63, 3.8) is 0 Å².